The number of ether oxygens (including phenoxy) is 1. The standard InChI is InChI=1S/C25H42N2O5S/c1-9-25(14(4)5,32-17-12-15(6)10-11-16(17)13(2)3)23(31)26-18-20(28)27-19(22(29)30)24(7,8)33-21(18)27/h13-19,21H,9-12H2,1-8H3,(H,26,31)(H,29,30). The molecule has 188 valence electrons. The van der Waals surface area contributed by atoms with Crippen molar-refractivity contribution in [2.75, 3.05) is 0 Å². The van der Waals surface area contributed by atoms with Gasteiger partial charge in [-0.3, -0.25) is 9.59 Å². The second-order valence-electron chi connectivity index (χ2n) is 11.4. The van der Waals surface area contributed by atoms with E-state index in [-0.39, 0.29) is 29.2 Å². The molecule has 0 aromatic heterocycles. The summed E-state index contributed by atoms with van der Waals surface area (Å²) in [7, 11) is 0. The molecule has 0 radical (unpaired) electrons. The van der Waals surface area contributed by atoms with Crippen LogP contribution in [-0.4, -0.2) is 61.7 Å². The van der Waals surface area contributed by atoms with E-state index in [4.69, 9.17) is 4.74 Å². The van der Waals surface area contributed by atoms with Gasteiger partial charge < -0.3 is 20.1 Å². The van der Waals surface area contributed by atoms with E-state index in [1.54, 1.807) is 0 Å². The number of nitrogens with zero attached hydrogens (tertiary/aromatic N) is 1. The number of nitrogens with one attached hydrogen (secondary N) is 1. The largest absolute Gasteiger partial charge is 0.480 e. The summed E-state index contributed by atoms with van der Waals surface area (Å²) in [5.41, 5.74) is -1.03. The first kappa shape index (κ1) is 26.3. The Bertz CT molecular complexity index is 785. The molecule has 0 aromatic rings. The topological polar surface area (TPSA) is 95.9 Å². The molecule has 7 unspecified atom stereocenters. The van der Waals surface area contributed by atoms with Crippen molar-refractivity contribution < 1.29 is 24.2 Å². The third-order valence-electron chi connectivity index (χ3n) is 8.13. The fourth-order valence-electron chi connectivity index (χ4n) is 6.03. The molecule has 2 N–H and O–H groups in total. The minimum absolute atomic E-state index is 0.00613. The number of hydrogen-bond acceptors (Lipinski definition) is 5. The van der Waals surface area contributed by atoms with Crippen molar-refractivity contribution in [3.05, 3.63) is 0 Å². The molecule has 2 saturated heterocycles. The summed E-state index contributed by atoms with van der Waals surface area (Å²) < 4.78 is 6.15. The molecular weight excluding hydrogens is 440 g/mol. The van der Waals surface area contributed by atoms with Crippen LogP contribution in [0.1, 0.15) is 81.1 Å². The zero-order valence-electron chi connectivity index (χ0n) is 21.4. The van der Waals surface area contributed by atoms with Crippen LogP contribution in [0.15, 0.2) is 0 Å². The van der Waals surface area contributed by atoms with Crippen molar-refractivity contribution in [2.45, 2.75) is 115 Å². The lowest BCUT2D eigenvalue weighted by molar-refractivity contribution is -0.184. The quantitative estimate of drug-likeness (QED) is 0.510. The molecule has 8 heteroatoms. The minimum atomic E-state index is -1.03. The van der Waals surface area contributed by atoms with Crippen LogP contribution in [0.5, 0.6) is 0 Å². The zero-order chi connectivity index (χ0) is 24.9. The van der Waals surface area contributed by atoms with E-state index in [9.17, 15) is 19.5 Å². The average Bonchev–Trinajstić information content (AvgIpc) is 2.97. The van der Waals surface area contributed by atoms with Gasteiger partial charge in [0.1, 0.15) is 23.1 Å². The van der Waals surface area contributed by atoms with E-state index >= 15 is 0 Å². The molecule has 0 bridgehead atoms. The summed E-state index contributed by atoms with van der Waals surface area (Å²) in [6.45, 7) is 16.3. The van der Waals surface area contributed by atoms with Crippen LogP contribution >= 0.6 is 11.8 Å². The van der Waals surface area contributed by atoms with Crippen LogP contribution in [0, 0.1) is 23.7 Å². The lowest BCUT2D eigenvalue weighted by Gasteiger charge is -2.47. The van der Waals surface area contributed by atoms with Gasteiger partial charge in [0.25, 0.3) is 5.91 Å². The maximum atomic E-state index is 13.8. The van der Waals surface area contributed by atoms with Gasteiger partial charge in [0.15, 0.2) is 0 Å². The van der Waals surface area contributed by atoms with Gasteiger partial charge in [0, 0.05) is 4.75 Å². The summed E-state index contributed by atoms with van der Waals surface area (Å²) in [5, 5.41) is 12.3. The van der Waals surface area contributed by atoms with Crippen LogP contribution in [0.2, 0.25) is 0 Å². The number of carboxylic acid groups (broad SMARTS) is 1. The van der Waals surface area contributed by atoms with Crippen LogP contribution in [0.25, 0.3) is 0 Å². The Balaban J connectivity index is 1.81. The van der Waals surface area contributed by atoms with E-state index in [1.807, 2.05) is 34.6 Å². The number of fused-ring (bicyclic) bond motifs is 1. The molecule has 0 aromatic carbocycles. The first-order valence-corrected chi connectivity index (χ1v) is 13.4. The van der Waals surface area contributed by atoms with Crippen molar-refractivity contribution in [1.29, 1.82) is 0 Å². The Kier molecular flexibility index (Phi) is 7.50. The van der Waals surface area contributed by atoms with Gasteiger partial charge >= 0.3 is 5.97 Å². The summed E-state index contributed by atoms with van der Waals surface area (Å²) in [5.74, 6) is -0.219. The Labute approximate surface area is 202 Å². The molecule has 1 aliphatic carbocycles. The molecule has 0 spiro atoms. The molecule has 3 fully saturated rings. The van der Waals surface area contributed by atoms with Gasteiger partial charge in [-0.05, 0) is 56.8 Å². The van der Waals surface area contributed by atoms with Crippen molar-refractivity contribution in [3.63, 3.8) is 0 Å². The molecule has 2 amide bonds. The Hall–Kier alpha value is -1.28. The number of carboxylic acids is 1. The van der Waals surface area contributed by atoms with Crippen LogP contribution in [0.4, 0.5) is 0 Å². The molecule has 2 heterocycles. The van der Waals surface area contributed by atoms with Gasteiger partial charge in [-0.15, -0.1) is 11.8 Å². The van der Waals surface area contributed by atoms with Crippen LogP contribution in [0.3, 0.4) is 0 Å². The number of thioether (sulfide) groups is 1. The second-order valence-corrected chi connectivity index (χ2v) is 13.2. The Morgan fingerprint density at radius 2 is 1.91 bits per heavy atom. The first-order chi connectivity index (χ1) is 15.3. The normalized spacial score (nSPS) is 35.2. The SMILES string of the molecule is CCC(OC1CC(C)CCC1C(C)C)(C(=O)NC1C(=O)N2C1SC(C)(C)C2C(=O)O)C(C)C. The van der Waals surface area contributed by atoms with E-state index < -0.39 is 28.4 Å². The van der Waals surface area contributed by atoms with Crippen LogP contribution in [-0.2, 0) is 19.1 Å². The van der Waals surface area contributed by atoms with Crippen molar-refractivity contribution >= 4 is 29.5 Å². The highest BCUT2D eigenvalue weighted by atomic mass is 32.2. The Morgan fingerprint density at radius 3 is 2.42 bits per heavy atom. The lowest BCUT2D eigenvalue weighted by Crippen LogP contribution is -2.72. The van der Waals surface area contributed by atoms with E-state index in [2.05, 4.69) is 26.1 Å². The average molecular weight is 483 g/mol. The Morgan fingerprint density at radius 1 is 1.27 bits per heavy atom. The zero-order valence-corrected chi connectivity index (χ0v) is 22.2. The summed E-state index contributed by atoms with van der Waals surface area (Å²) in [6.07, 6.45) is 3.74. The number of β-lactam (4-membered cyclic amide) rings is 1. The lowest BCUT2D eigenvalue weighted by atomic mass is 9.74. The molecule has 7 nitrogen and oxygen atoms in total. The van der Waals surface area contributed by atoms with Crippen LogP contribution < -0.4 is 5.32 Å². The van der Waals surface area contributed by atoms with Gasteiger partial charge in [0.05, 0.1) is 6.10 Å². The number of carbonyl (C=O) groups excluding carboxylic acids is 2. The fraction of sp³-hybridized carbons (Fsp3) is 0.880. The predicted octanol–water partition coefficient (Wildman–Crippen LogP) is 3.90. The van der Waals surface area contributed by atoms with E-state index in [1.165, 1.54) is 23.1 Å². The van der Waals surface area contributed by atoms with Crippen molar-refractivity contribution in [2.24, 2.45) is 23.7 Å². The number of hydrogen-bond donors (Lipinski definition) is 2. The number of aliphatic carboxylic acids is 1. The fourth-order valence-corrected chi connectivity index (χ4v) is 7.66. The van der Waals surface area contributed by atoms with Gasteiger partial charge in [-0.1, -0.05) is 48.0 Å². The summed E-state index contributed by atoms with van der Waals surface area (Å²) in [4.78, 5) is 39.9. The van der Waals surface area contributed by atoms with Gasteiger partial charge in [0.2, 0.25) is 5.91 Å². The molecular formula is C25H42N2O5S. The maximum absolute atomic E-state index is 13.8. The van der Waals surface area contributed by atoms with Gasteiger partial charge in [-0.25, -0.2) is 4.79 Å². The number of rotatable bonds is 8. The van der Waals surface area contributed by atoms with E-state index in [0.717, 1.165) is 12.8 Å². The van der Waals surface area contributed by atoms with Crippen molar-refractivity contribution in [1.82, 2.24) is 10.2 Å². The highest BCUT2D eigenvalue weighted by molar-refractivity contribution is 8.01. The molecule has 33 heavy (non-hydrogen) atoms. The molecule has 3 aliphatic rings. The highest BCUT2D eigenvalue weighted by Gasteiger charge is 2.64. The summed E-state index contributed by atoms with van der Waals surface area (Å²) in [6, 6.07) is -1.61. The monoisotopic (exact) mass is 482 g/mol. The number of carbonyl (C=O) groups is 3. The van der Waals surface area contributed by atoms with E-state index in [0.29, 0.717) is 24.2 Å². The highest BCUT2D eigenvalue weighted by Crippen LogP contribution is 2.51. The third kappa shape index (κ3) is 4.54. The smallest absolute Gasteiger partial charge is 0.327 e. The maximum Gasteiger partial charge on any atom is 0.327 e. The second kappa shape index (κ2) is 9.40. The first-order valence-electron chi connectivity index (χ1n) is 12.5. The minimum Gasteiger partial charge on any atom is -0.480 e. The molecule has 1 saturated carbocycles. The molecule has 2 aliphatic heterocycles. The number of amides is 2. The van der Waals surface area contributed by atoms with Crippen molar-refractivity contribution in [3.8, 4) is 0 Å². The molecule has 7 atom stereocenters. The van der Waals surface area contributed by atoms with Gasteiger partial charge in [-0.2, -0.15) is 0 Å². The summed E-state index contributed by atoms with van der Waals surface area (Å²) >= 11 is 1.44. The third-order valence-corrected chi connectivity index (χ3v) is 9.70. The predicted molar refractivity (Wildman–Crippen MR) is 130 cm³/mol. The molecule has 3 rings (SSSR count).